The van der Waals surface area contributed by atoms with Crippen LogP contribution in [-0.4, -0.2) is 12.6 Å². The van der Waals surface area contributed by atoms with Crippen molar-refractivity contribution in [2.75, 3.05) is 11.4 Å². The highest BCUT2D eigenvalue weighted by Crippen LogP contribution is 2.30. The Morgan fingerprint density at radius 1 is 1.41 bits per heavy atom. The van der Waals surface area contributed by atoms with Gasteiger partial charge in [0.25, 0.3) is 0 Å². The fourth-order valence-corrected chi connectivity index (χ4v) is 2.61. The van der Waals surface area contributed by atoms with Gasteiger partial charge in [-0.3, -0.25) is 0 Å². The maximum absolute atomic E-state index is 13.1. The number of hydrogen-bond acceptors (Lipinski definition) is 2. The Morgan fingerprint density at radius 2 is 2.18 bits per heavy atom. The highest BCUT2D eigenvalue weighted by atomic mass is 19.1. The van der Waals surface area contributed by atoms with Crippen LogP contribution in [0.5, 0.6) is 0 Å². The topological polar surface area (TPSA) is 27.0 Å². The molecular formula is C14H17FN2. The van der Waals surface area contributed by atoms with E-state index < -0.39 is 0 Å². The van der Waals surface area contributed by atoms with Crippen molar-refractivity contribution in [2.24, 2.45) is 5.92 Å². The average molecular weight is 232 g/mol. The van der Waals surface area contributed by atoms with E-state index in [1.807, 2.05) is 0 Å². The normalized spacial score (nSPS) is 24.5. The third kappa shape index (κ3) is 2.41. The summed E-state index contributed by atoms with van der Waals surface area (Å²) in [6.45, 7) is 5.37. The maximum atomic E-state index is 13.1. The van der Waals surface area contributed by atoms with Gasteiger partial charge in [0.1, 0.15) is 11.9 Å². The van der Waals surface area contributed by atoms with Crippen molar-refractivity contribution in [1.82, 2.24) is 0 Å². The molecule has 0 radical (unpaired) electrons. The van der Waals surface area contributed by atoms with Gasteiger partial charge in [-0.1, -0.05) is 6.92 Å². The lowest BCUT2D eigenvalue weighted by molar-refractivity contribution is 0.377. The van der Waals surface area contributed by atoms with Crippen LogP contribution in [0.25, 0.3) is 0 Å². The Kier molecular flexibility index (Phi) is 3.33. The van der Waals surface area contributed by atoms with E-state index >= 15 is 0 Å². The summed E-state index contributed by atoms with van der Waals surface area (Å²) < 4.78 is 13.1. The summed E-state index contributed by atoms with van der Waals surface area (Å²) in [7, 11) is 0. The second-order valence-electron chi connectivity index (χ2n) is 4.95. The highest BCUT2D eigenvalue weighted by Gasteiger charge is 2.24. The van der Waals surface area contributed by atoms with E-state index in [0.29, 0.717) is 11.6 Å². The summed E-state index contributed by atoms with van der Waals surface area (Å²) in [5, 5.41) is 9.07. The molecule has 90 valence electrons. The van der Waals surface area contributed by atoms with Crippen LogP contribution in [0.3, 0.4) is 0 Å². The molecule has 1 fully saturated rings. The van der Waals surface area contributed by atoms with Crippen molar-refractivity contribution in [1.29, 1.82) is 5.26 Å². The van der Waals surface area contributed by atoms with E-state index in [9.17, 15) is 4.39 Å². The number of nitrogens with zero attached hydrogens (tertiary/aromatic N) is 2. The number of nitriles is 1. The number of rotatable bonds is 1. The molecule has 0 spiro atoms. The summed E-state index contributed by atoms with van der Waals surface area (Å²) in [6, 6.07) is 6.97. The van der Waals surface area contributed by atoms with Gasteiger partial charge in [0.05, 0.1) is 11.3 Å². The van der Waals surface area contributed by atoms with Gasteiger partial charge in [-0.15, -0.1) is 0 Å². The van der Waals surface area contributed by atoms with Gasteiger partial charge in [0.2, 0.25) is 0 Å². The summed E-state index contributed by atoms with van der Waals surface area (Å²) in [5.74, 6) is 0.385. The molecule has 0 aromatic heterocycles. The third-order valence-corrected chi connectivity index (χ3v) is 3.53. The first-order chi connectivity index (χ1) is 8.11. The molecule has 0 amide bonds. The fraction of sp³-hybridized carbons (Fsp3) is 0.500. The molecule has 1 aliphatic rings. The average Bonchev–Trinajstić information content (AvgIpc) is 2.30. The second kappa shape index (κ2) is 4.75. The minimum Gasteiger partial charge on any atom is -0.368 e. The van der Waals surface area contributed by atoms with Crippen molar-refractivity contribution >= 4 is 5.69 Å². The molecule has 0 saturated carbocycles. The molecule has 2 rings (SSSR count). The van der Waals surface area contributed by atoms with E-state index in [1.165, 1.54) is 12.1 Å². The molecule has 0 aliphatic carbocycles. The first-order valence-electron chi connectivity index (χ1n) is 6.08. The van der Waals surface area contributed by atoms with Crippen molar-refractivity contribution in [3.63, 3.8) is 0 Å². The van der Waals surface area contributed by atoms with Gasteiger partial charge in [0, 0.05) is 12.6 Å². The first kappa shape index (κ1) is 11.9. The van der Waals surface area contributed by atoms with E-state index in [4.69, 9.17) is 5.26 Å². The summed E-state index contributed by atoms with van der Waals surface area (Å²) >= 11 is 0. The zero-order chi connectivity index (χ0) is 12.4. The Bertz CT molecular complexity index is 450. The molecule has 17 heavy (non-hydrogen) atoms. The van der Waals surface area contributed by atoms with Gasteiger partial charge >= 0.3 is 0 Å². The van der Waals surface area contributed by atoms with Crippen molar-refractivity contribution in [3.8, 4) is 6.07 Å². The lowest BCUT2D eigenvalue weighted by Gasteiger charge is -2.38. The molecule has 1 aromatic rings. The molecule has 3 heteroatoms. The number of benzene rings is 1. The Morgan fingerprint density at radius 3 is 2.82 bits per heavy atom. The molecule has 0 bridgehead atoms. The molecule has 2 unspecified atom stereocenters. The SMILES string of the molecule is CC1CCN(c2ccc(F)cc2C#N)C(C)C1. The quantitative estimate of drug-likeness (QED) is 0.742. The van der Waals surface area contributed by atoms with Crippen LogP contribution in [0.1, 0.15) is 32.3 Å². The number of hydrogen-bond donors (Lipinski definition) is 0. The molecule has 1 aromatic carbocycles. The maximum Gasteiger partial charge on any atom is 0.124 e. The van der Waals surface area contributed by atoms with Gasteiger partial charge in [-0.05, 0) is 43.9 Å². The molecule has 1 saturated heterocycles. The molecule has 0 N–H and O–H groups in total. The highest BCUT2D eigenvalue weighted by molar-refractivity contribution is 5.60. The largest absolute Gasteiger partial charge is 0.368 e. The van der Waals surface area contributed by atoms with Crippen LogP contribution in [0.2, 0.25) is 0 Å². The number of anilines is 1. The molecule has 1 heterocycles. The first-order valence-corrected chi connectivity index (χ1v) is 6.08. The summed E-state index contributed by atoms with van der Waals surface area (Å²) in [6.07, 6.45) is 2.26. The number of piperidine rings is 1. The van der Waals surface area contributed by atoms with Crippen molar-refractivity contribution in [2.45, 2.75) is 32.7 Å². The monoisotopic (exact) mass is 232 g/mol. The minimum atomic E-state index is -0.344. The van der Waals surface area contributed by atoms with Crippen LogP contribution in [0.15, 0.2) is 18.2 Å². The summed E-state index contributed by atoms with van der Waals surface area (Å²) in [4.78, 5) is 2.22. The van der Waals surface area contributed by atoms with Crippen LogP contribution in [-0.2, 0) is 0 Å². The van der Waals surface area contributed by atoms with Crippen LogP contribution < -0.4 is 4.90 Å². The van der Waals surface area contributed by atoms with Crippen LogP contribution >= 0.6 is 0 Å². The van der Waals surface area contributed by atoms with Crippen LogP contribution in [0, 0.1) is 23.1 Å². The standard InChI is InChI=1S/C14H17FN2/c1-10-5-6-17(11(2)7-10)14-4-3-13(15)8-12(14)9-16/h3-4,8,10-11H,5-7H2,1-2H3. The minimum absolute atomic E-state index is 0.344. The lowest BCUT2D eigenvalue weighted by atomic mass is 9.92. The fourth-order valence-electron chi connectivity index (χ4n) is 2.61. The molecule has 2 atom stereocenters. The second-order valence-corrected chi connectivity index (χ2v) is 4.95. The van der Waals surface area contributed by atoms with Gasteiger partial charge in [-0.2, -0.15) is 5.26 Å². The Labute approximate surface area is 102 Å². The summed E-state index contributed by atoms with van der Waals surface area (Å²) in [5.41, 5.74) is 1.31. The van der Waals surface area contributed by atoms with Gasteiger partial charge in [0.15, 0.2) is 0 Å². The Balaban J connectivity index is 2.31. The van der Waals surface area contributed by atoms with E-state index in [0.717, 1.165) is 31.0 Å². The van der Waals surface area contributed by atoms with Crippen LogP contribution in [0.4, 0.5) is 10.1 Å². The lowest BCUT2D eigenvalue weighted by Crippen LogP contribution is -2.40. The zero-order valence-electron chi connectivity index (χ0n) is 10.3. The van der Waals surface area contributed by atoms with Gasteiger partial charge in [-0.25, -0.2) is 4.39 Å². The molecule has 1 aliphatic heterocycles. The number of halogens is 1. The van der Waals surface area contributed by atoms with Crippen molar-refractivity contribution < 1.29 is 4.39 Å². The zero-order valence-corrected chi connectivity index (χ0v) is 10.3. The molecule has 2 nitrogen and oxygen atoms in total. The smallest absolute Gasteiger partial charge is 0.124 e. The predicted octanol–water partition coefficient (Wildman–Crippen LogP) is 3.32. The van der Waals surface area contributed by atoms with E-state index in [2.05, 4.69) is 24.8 Å². The third-order valence-electron chi connectivity index (χ3n) is 3.53. The van der Waals surface area contributed by atoms with Gasteiger partial charge < -0.3 is 4.90 Å². The Hall–Kier alpha value is -1.56. The van der Waals surface area contributed by atoms with E-state index in [-0.39, 0.29) is 5.82 Å². The molecular weight excluding hydrogens is 215 g/mol. The predicted molar refractivity (Wildman–Crippen MR) is 66.3 cm³/mol. The van der Waals surface area contributed by atoms with E-state index in [1.54, 1.807) is 6.07 Å². The van der Waals surface area contributed by atoms with Crippen molar-refractivity contribution in [3.05, 3.63) is 29.6 Å².